The average Bonchev–Trinajstić information content (AvgIpc) is 4.12. The van der Waals surface area contributed by atoms with E-state index in [1.165, 1.54) is 79.8 Å². The molecule has 1 amide bonds. The van der Waals surface area contributed by atoms with Crippen LogP contribution in [0.15, 0.2) is 116 Å². The van der Waals surface area contributed by atoms with Crippen molar-refractivity contribution in [3.05, 3.63) is 144 Å². The molecule has 6 heterocycles. The van der Waals surface area contributed by atoms with Crippen molar-refractivity contribution in [3.8, 4) is 45.7 Å². The second-order valence-corrected chi connectivity index (χ2v) is 12.6. The van der Waals surface area contributed by atoms with Gasteiger partial charge in [0.05, 0.1) is 11.1 Å². The number of nitrogens with one attached hydrogen (secondary N) is 1. The third-order valence-electron chi connectivity index (χ3n) is 8.15. The summed E-state index contributed by atoms with van der Waals surface area (Å²) in [7, 11) is 0. The van der Waals surface area contributed by atoms with Crippen LogP contribution in [0.3, 0.4) is 0 Å². The van der Waals surface area contributed by atoms with E-state index < -0.39 is 24.1 Å². The Kier molecular flexibility index (Phi) is 13.8. The summed E-state index contributed by atoms with van der Waals surface area (Å²) in [4.78, 5) is 47.2. The largest absolute Gasteiger partial charge is 0.478 e. The van der Waals surface area contributed by atoms with Crippen LogP contribution in [-0.4, -0.2) is 80.5 Å². The molecule has 0 aliphatic heterocycles. The number of aryl methyl sites for hydroxylation is 2. The molecule has 2 atom stereocenters. The average molecular weight is 837 g/mol. The van der Waals surface area contributed by atoms with Crippen molar-refractivity contribution in [1.29, 1.82) is 0 Å². The maximum atomic E-state index is 13.0. The Morgan fingerprint density at radius 1 is 0.672 bits per heavy atom. The van der Waals surface area contributed by atoms with Crippen molar-refractivity contribution in [1.82, 2.24) is 45.5 Å². The van der Waals surface area contributed by atoms with Crippen molar-refractivity contribution < 1.29 is 51.6 Å². The molecular weight excluding hydrogens is 802 g/mol. The Hall–Kier alpha value is -7.88. The molecule has 0 saturated carbocycles. The van der Waals surface area contributed by atoms with E-state index in [2.05, 4.69) is 45.5 Å². The third-order valence-corrected chi connectivity index (χ3v) is 8.15. The molecule has 0 spiro atoms. The van der Waals surface area contributed by atoms with Gasteiger partial charge in [0.1, 0.15) is 47.8 Å². The zero-order valence-corrected chi connectivity index (χ0v) is 32.0. The summed E-state index contributed by atoms with van der Waals surface area (Å²) >= 11 is 0. The number of carbonyl (C=O) groups is 2. The van der Waals surface area contributed by atoms with Gasteiger partial charge in [-0.2, -0.15) is 9.97 Å². The molecule has 0 bridgehead atoms. The van der Waals surface area contributed by atoms with Crippen LogP contribution in [0.4, 0.5) is 8.78 Å². The fourth-order valence-corrected chi connectivity index (χ4v) is 5.04. The van der Waals surface area contributed by atoms with E-state index in [-0.39, 0.29) is 47.4 Å². The summed E-state index contributed by atoms with van der Waals surface area (Å²) in [5.41, 5.74) is 8.54. The van der Waals surface area contributed by atoms with Crippen LogP contribution >= 0.6 is 0 Å². The smallest absolute Gasteiger partial charge is 0.337 e. The highest BCUT2D eigenvalue weighted by Crippen LogP contribution is 2.23. The lowest BCUT2D eigenvalue weighted by atomic mass is 10.2. The van der Waals surface area contributed by atoms with E-state index in [9.17, 15) is 28.6 Å². The van der Waals surface area contributed by atoms with Gasteiger partial charge in [-0.05, 0) is 60.7 Å². The number of carbonyl (C=O) groups excluding carboxylic acids is 1. The van der Waals surface area contributed by atoms with Crippen molar-refractivity contribution in [2.45, 2.75) is 26.1 Å². The van der Waals surface area contributed by atoms with Crippen LogP contribution in [0, 0.1) is 25.5 Å². The predicted molar refractivity (Wildman–Crippen MR) is 207 cm³/mol. The monoisotopic (exact) mass is 836 g/mol. The number of hydrogen-bond acceptors (Lipinski definition) is 17. The fourth-order valence-electron chi connectivity index (χ4n) is 5.04. The first-order valence-electron chi connectivity index (χ1n) is 17.9. The van der Waals surface area contributed by atoms with Gasteiger partial charge in [-0.3, -0.25) is 14.8 Å². The van der Waals surface area contributed by atoms with Gasteiger partial charge in [0.15, 0.2) is 0 Å². The molecule has 21 heteroatoms. The van der Waals surface area contributed by atoms with Crippen molar-refractivity contribution in [2.75, 3.05) is 13.1 Å². The molecule has 8 aromatic rings. The molecule has 0 radical (unpaired) electrons. The predicted octanol–water partition coefficient (Wildman–Crippen LogP) is 5.31. The summed E-state index contributed by atoms with van der Waals surface area (Å²) in [5.74, 6) is -0.116. The van der Waals surface area contributed by atoms with E-state index in [1.54, 1.807) is 32.0 Å². The van der Waals surface area contributed by atoms with Gasteiger partial charge in [0.2, 0.25) is 35.2 Å². The van der Waals surface area contributed by atoms with Gasteiger partial charge in [-0.1, -0.05) is 10.3 Å². The highest BCUT2D eigenvalue weighted by Gasteiger charge is 2.18. The van der Waals surface area contributed by atoms with Gasteiger partial charge < -0.3 is 44.3 Å². The Bertz CT molecular complexity index is 2700. The Labute approximate surface area is 343 Å². The molecule has 0 saturated heterocycles. The summed E-state index contributed by atoms with van der Waals surface area (Å²) < 4.78 is 45.9. The Balaban J connectivity index is 0.000000169. The van der Waals surface area contributed by atoms with Gasteiger partial charge >= 0.3 is 5.97 Å². The zero-order valence-electron chi connectivity index (χ0n) is 32.0. The lowest BCUT2D eigenvalue weighted by Crippen LogP contribution is -2.28. The zero-order chi connectivity index (χ0) is 43.5. The first kappa shape index (κ1) is 42.7. The van der Waals surface area contributed by atoms with Crippen molar-refractivity contribution >= 4 is 11.9 Å². The van der Waals surface area contributed by atoms with E-state index >= 15 is 0 Å². The standard InChI is InChI=1S/C20H16FN5O4.C11H11FN2O2.C9H7N3O3/c1-11-24-18(26-30-11)13-6-14(8-22-7-13)19(28)23-9-17(27)16-10-29-20(25-16)12-2-4-15(21)5-3-12;12-8-3-1-7(2-4-8)11-14-9(6-16-11)10(15)5-13;1-5-11-8(12-15-5)6-2-7(9(13)14)4-10-3-6/h2-8,10,17,27H,9H2,1H3,(H,23,28);1-4,6,10,15H,5,13H2;2-4H,1H3,(H,13,14). The number of aliphatic hydroxyl groups excluding tert-OH is 2. The van der Waals surface area contributed by atoms with Gasteiger partial charge in [-0.25, -0.2) is 23.5 Å². The lowest BCUT2D eigenvalue weighted by Gasteiger charge is -2.09. The topological polar surface area (TPSA) is 289 Å². The number of benzene rings is 2. The maximum absolute atomic E-state index is 13.0. The van der Waals surface area contributed by atoms with Crippen LogP contribution in [0.2, 0.25) is 0 Å². The number of amides is 1. The highest BCUT2D eigenvalue weighted by molar-refractivity contribution is 5.94. The number of aromatic nitrogens is 8. The quantitative estimate of drug-likeness (QED) is 0.110. The number of rotatable bonds is 11. The minimum Gasteiger partial charge on any atom is -0.478 e. The molecule has 2 unspecified atom stereocenters. The van der Waals surface area contributed by atoms with Crippen LogP contribution in [-0.2, 0) is 0 Å². The second-order valence-electron chi connectivity index (χ2n) is 12.6. The molecule has 312 valence electrons. The molecule has 8 rings (SSSR count). The lowest BCUT2D eigenvalue weighted by molar-refractivity contribution is 0.0696. The van der Waals surface area contributed by atoms with E-state index in [0.29, 0.717) is 57.3 Å². The first-order chi connectivity index (χ1) is 29.4. The summed E-state index contributed by atoms with van der Waals surface area (Å²) in [5, 5.41) is 38.6. The van der Waals surface area contributed by atoms with E-state index in [0.717, 1.165) is 0 Å². The number of halogens is 2. The summed E-state index contributed by atoms with van der Waals surface area (Å²) in [6.07, 6.45) is 6.35. The van der Waals surface area contributed by atoms with Crippen LogP contribution in [0.25, 0.3) is 45.7 Å². The molecule has 0 aliphatic carbocycles. The number of aliphatic hydroxyl groups is 2. The molecule has 6 aromatic heterocycles. The number of nitrogens with two attached hydrogens (primary N) is 1. The Morgan fingerprint density at radius 3 is 1.57 bits per heavy atom. The third kappa shape index (κ3) is 11.4. The molecule has 61 heavy (non-hydrogen) atoms. The number of nitrogens with zero attached hydrogens (tertiary/aromatic N) is 8. The SMILES string of the molecule is Cc1nc(-c2cncc(C(=O)NCC(O)c3coc(-c4ccc(F)cc4)n3)c2)no1.Cc1nc(-c2cncc(C(=O)O)c2)no1.NCC(O)c1coc(-c2ccc(F)cc2)n1. The second kappa shape index (κ2) is 19.7. The van der Waals surface area contributed by atoms with Crippen molar-refractivity contribution in [3.63, 3.8) is 0 Å². The number of oxazole rings is 2. The normalized spacial score (nSPS) is 11.7. The molecular formula is C40H34F2N10O9. The van der Waals surface area contributed by atoms with Crippen molar-refractivity contribution in [2.24, 2.45) is 5.73 Å². The molecule has 2 aromatic carbocycles. The summed E-state index contributed by atoms with van der Waals surface area (Å²) in [6, 6.07) is 14.4. The minimum absolute atomic E-state index is 0.0788. The number of aromatic carboxylic acids is 1. The Morgan fingerprint density at radius 2 is 1.13 bits per heavy atom. The van der Waals surface area contributed by atoms with Gasteiger partial charge in [0, 0.05) is 74.0 Å². The molecule has 0 aliphatic rings. The number of hydrogen-bond donors (Lipinski definition) is 5. The first-order valence-corrected chi connectivity index (χ1v) is 17.9. The van der Waals surface area contributed by atoms with Crippen LogP contribution in [0.5, 0.6) is 0 Å². The molecule has 19 nitrogen and oxygen atoms in total. The van der Waals surface area contributed by atoms with E-state index in [1.807, 2.05) is 0 Å². The maximum Gasteiger partial charge on any atom is 0.337 e. The molecule has 6 N–H and O–H groups in total. The highest BCUT2D eigenvalue weighted by atomic mass is 19.1. The number of carboxylic acids is 1. The molecule has 0 fully saturated rings. The summed E-state index contributed by atoms with van der Waals surface area (Å²) in [6.45, 7) is 3.30. The van der Waals surface area contributed by atoms with E-state index in [4.69, 9.17) is 28.7 Å². The minimum atomic E-state index is -1.09. The van der Waals surface area contributed by atoms with Gasteiger partial charge in [0.25, 0.3) is 5.91 Å². The number of pyridine rings is 2. The van der Waals surface area contributed by atoms with Gasteiger partial charge in [-0.15, -0.1) is 0 Å². The number of carboxylic acid groups (broad SMARTS) is 1. The van der Waals surface area contributed by atoms with Crippen LogP contribution < -0.4 is 11.1 Å². The fraction of sp³-hybridized carbons (Fsp3) is 0.150. The van der Waals surface area contributed by atoms with Crippen LogP contribution in [0.1, 0.15) is 56.1 Å².